The molecular weight excluding hydrogens is 586 g/mol. The van der Waals surface area contributed by atoms with Crippen LogP contribution in [0.1, 0.15) is 132 Å². The number of carboxylic acids is 1. The predicted molar refractivity (Wildman–Crippen MR) is 187 cm³/mol. The second-order valence-electron chi connectivity index (χ2n) is 19.7. The second-order valence-corrected chi connectivity index (χ2v) is 19.7. The van der Waals surface area contributed by atoms with Crippen molar-refractivity contribution in [1.29, 1.82) is 0 Å². The average Bonchev–Trinajstić information content (AvgIpc) is 3.34. The Kier molecular flexibility index (Phi) is 9.14. The van der Waals surface area contributed by atoms with E-state index >= 15 is 0 Å². The van der Waals surface area contributed by atoms with Crippen molar-refractivity contribution in [2.45, 2.75) is 139 Å². The lowest BCUT2D eigenvalue weighted by molar-refractivity contribution is -0.251. The van der Waals surface area contributed by atoms with Gasteiger partial charge in [-0.15, -0.1) is 0 Å². The molecule has 1 unspecified atom stereocenters. The van der Waals surface area contributed by atoms with E-state index in [1.165, 1.54) is 63.5 Å². The van der Waals surface area contributed by atoms with Gasteiger partial charge in [0.05, 0.1) is 26.1 Å². The number of carbonyl (C=O) groups is 2. The van der Waals surface area contributed by atoms with Gasteiger partial charge in [-0.3, -0.25) is 14.5 Å². The molecule has 5 aliphatic carbocycles. The summed E-state index contributed by atoms with van der Waals surface area (Å²) in [7, 11) is 0. The third kappa shape index (κ3) is 5.75. The number of esters is 1. The highest BCUT2D eigenvalue weighted by atomic mass is 16.5. The maximum absolute atomic E-state index is 13.2. The van der Waals surface area contributed by atoms with Crippen LogP contribution >= 0.6 is 0 Å². The molecule has 47 heavy (non-hydrogen) atoms. The first-order chi connectivity index (χ1) is 21.9. The van der Waals surface area contributed by atoms with Gasteiger partial charge in [0, 0.05) is 25.0 Å². The molecule has 0 bridgehead atoms. The Morgan fingerprint density at radius 3 is 2.23 bits per heavy atom. The Balaban J connectivity index is 1.24. The summed E-state index contributed by atoms with van der Waals surface area (Å²) in [4.78, 5) is 27.3. The fourth-order valence-electron chi connectivity index (χ4n) is 14.0. The van der Waals surface area contributed by atoms with Gasteiger partial charge in [0.1, 0.15) is 6.10 Å². The minimum atomic E-state index is -0.867. The SMILES string of the molecule is C=C(C)[C@@H]1CC[C@]2(CN3CCOCC3)CC[C@]3(C)[C@H](CC[C@@H]4[C@@]5(C)CCC(OC(=O)CC(C)(C)CC(=O)O)C(C)(C)[C@@H]5CC[C@]43C)[C@@H]12. The first kappa shape index (κ1) is 35.4. The van der Waals surface area contributed by atoms with E-state index in [-0.39, 0.29) is 35.7 Å². The molecule has 6 rings (SSSR count). The Morgan fingerprint density at radius 1 is 0.872 bits per heavy atom. The van der Waals surface area contributed by atoms with Crippen molar-refractivity contribution < 1.29 is 24.2 Å². The smallest absolute Gasteiger partial charge is 0.306 e. The molecule has 1 heterocycles. The third-order valence-electron chi connectivity index (χ3n) is 16.3. The fraction of sp³-hybridized carbons (Fsp3) is 0.902. The van der Waals surface area contributed by atoms with Crippen molar-refractivity contribution >= 4 is 11.9 Å². The standard InChI is InChI=1S/C41H67NO5/c1-27(2)28-12-17-41(26-42-20-22-46-23-21-42)19-18-39(8)29(35(28)41)10-11-31-38(7)15-14-32(37(5,6)30(38)13-16-40(31,39)9)47-34(45)25-36(3,4)24-33(43)44/h28-32,35H,1,10-26H2,2-9H3,(H,43,44)/t28-,29+,30-,31+,32?,35+,38-,39+,40+,41+/m0/s1. The predicted octanol–water partition coefficient (Wildman–Crippen LogP) is 8.78. The van der Waals surface area contributed by atoms with E-state index in [4.69, 9.17) is 9.47 Å². The van der Waals surface area contributed by atoms with Crippen molar-refractivity contribution in [2.75, 3.05) is 32.8 Å². The van der Waals surface area contributed by atoms with Crippen LogP contribution in [0.3, 0.4) is 0 Å². The van der Waals surface area contributed by atoms with Crippen LogP contribution in [0.5, 0.6) is 0 Å². The van der Waals surface area contributed by atoms with Crippen molar-refractivity contribution in [3.05, 3.63) is 12.2 Å². The monoisotopic (exact) mass is 654 g/mol. The number of carboxylic acid groups (broad SMARTS) is 1. The lowest BCUT2D eigenvalue weighted by atomic mass is 9.32. The lowest BCUT2D eigenvalue weighted by Crippen LogP contribution is -2.67. The van der Waals surface area contributed by atoms with Crippen LogP contribution in [0.15, 0.2) is 12.2 Å². The largest absolute Gasteiger partial charge is 0.481 e. The molecule has 0 aromatic heterocycles. The summed E-state index contributed by atoms with van der Waals surface area (Å²) in [5.41, 5.74) is 1.96. The van der Waals surface area contributed by atoms with E-state index in [0.717, 1.165) is 51.0 Å². The minimum absolute atomic E-state index is 0.0286. The summed E-state index contributed by atoms with van der Waals surface area (Å²) in [6.45, 7) is 28.6. The van der Waals surface area contributed by atoms with Crippen LogP contribution in [0, 0.1) is 62.1 Å². The zero-order valence-electron chi connectivity index (χ0n) is 31.2. The molecule has 0 amide bonds. The van der Waals surface area contributed by atoms with Gasteiger partial charge in [0.25, 0.3) is 0 Å². The molecule has 1 aliphatic heterocycles. The number of hydrogen-bond acceptors (Lipinski definition) is 5. The van der Waals surface area contributed by atoms with E-state index in [0.29, 0.717) is 34.0 Å². The van der Waals surface area contributed by atoms with E-state index in [9.17, 15) is 14.7 Å². The summed E-state index contributed by atoms with van der Waals surface area (Å²) < 4.78 is 12.0. The topological polar surface area (TPSA) is 76.1 Å². The van der Waals surface area contributed by atoms with Gasteiger partial charge in [-0.25, -0.2) is 0 Å². The molecular formula is C41H67NO5. The van der Waals surface area contributed by atoms with Gasteiger partial charge in [-0.2, -0.15) is 0 Å². The molecule has 6 nitrogen and oxygen atoms in total. The van der Waals surface area contributed by atoms with E-state index in [1.807, 2.05) is 13.8 Å². The summed E-state index contributed by atoms with van der Waals surface area (Å²) >= 11 is 0. The zero-order valence-corrected chi connectivity index (χ0v) is 31.2. The fourth-order valence-corrected chi connectivity index (χ4v) is 14.0. The number of carbonyl (C=O) groups excluding carboxylic acids is 1. The van der Waals surface area contributed by atoms with E-state index in [1.54, 1.807) is 0 Å². The van der Waals surface area contributed by atoms with E-state index < -0.39 is 11.4 Å². The second kappa shape index (κ2) is 12.1. The molecule has 266 valence electrons. The van der Waals surface area contributed by atoms with Crippen molar-refractivity contribution in [3.8, 4) is 0 Å². The molecule has 0 radical (unpaired) electrons. The summed E-state index contributed by atoms with van der Waals surface area (Å²) in [5, 5.41) is 9.33. The first-order valence-corrected chi connectivity index (χ1v) is 19.3. The number of ether oxygens (including phenoxy) is 2. The number of fused-ring (bicyclic) bond motifs is 7. The highest BCUT2D eigenvalue weighted by Crippen LogP contribution is 2.77. The number of morpholine rings is 1. The number of hydrogen-bond donors (Lipinski definition) is 1. The normalized spacial score (nSPS) is 44.8. The first-order valence-electron chi connectivity index (χ1n) is 19.3. The Morgan fingerprint density at radius 2 is 1.57 bits per heavy atom. The van der Waals surface area contributed by atoms with Crippen LogP contribution < -0.4 is 0 Å². The molecule has 6 fully saturated rings. The third-order valence-corrected chi connectivity index (χ3v) is 16.3. The maximum atomic E-state index is 13.2. The molecule has 5 saturated carbocycles. The molecule has 0 spiro atoms. The molecule has 10 atom stereocenters. The Hall–Kier alpha value is -1.40. The number of aliphatic carboxylic acids is 1. The van der Waals surface area contributed by atoms with Crippen molar-refractivity contribution in [2.24, 2.45) is 62.1 Å². The van der Waals surface area contributed by atoms with Gasteiger partial charge in [-0.1, -0.05) is 60.6 Å². The highest BCUT2D eigenvalue weighted by Gasteiger charge is 2.71. The number of rotatable bonds is 8. The number of nitrogens with zero attached hydrogens (tertiary/aromatic N) is 1. The average molecular weight is 654 g/mol. The molecule has 6 aliphatic rings. The van der Waals surface area contributed by atoms with Gasteiger partial charge in [0.2, 0.25) is 0 Å². The molecule has 6 heteroatoms. The molecule has 1 N–H and O–H groups in total. The Bertz CT molecular complexity index is 1240. The molecule has 0 aromatic rings. The van der Waals surface area contributed by atoms with Crippen molar-refractivity contribution in [3.63, 3.8) is 0 Å². The lowest BCUT2D eigenvalue weighted by Gasteiger charge is -2.73. The van der Waals surface area contributed by atoms with Gasteiger partial charge >= 0.3 is 11.9 Å². The summed E-state index contributed by atoms with van der Waals surface area (Å²) in [6.07, 6.45) is 12.5. The molecule has 1 saturated heterocycles. The Labute approximate surface area is 286 Å². The maximum Gasteiger partial charge on any atom is 0.306 e. The van der Waals surface area contributed by atoms with E-state index in [2.05, 4.69) is 53.0 Å². The summed E-state index contributed by atoms with van der Waals surface area (Å²) in [6, 6.07) is 0. The van der Waals surface area contributed by atoms with Crippen LogP contribution in [0.25, 0.3) is 0 Å². The summed E-state index contributed by atoms with van der Waals surface area (Å²) in [5.74, 6) is 2.22. The van der Waals surface area contributed by atoms with Gasteiger partial charge in [-0.05, 0) is 128 Å². The van der Waals surface area contributed by atoms with Gasteiger partial charge < -0.3 is 14.6 Å². The molecule has 0 aromatic carbocycles. The highest BCUT2D eigenvalue weighted by molar-refractivity contribution is 5.73. The van der Waals surface area contributed by atoms with Crippen LogP contribution in [0.4, 0.5) is 0 Å². The van der Waals surface area contributed by atoms with Gasteiger partial charge in [0.15, 0.2) is 0 Å². The minimum Gasteiger partial charge on any atom is -0.481 e. The quantitative estimate of drug-likeness (QED) is 0.209. The zero-order chi connectivity index (χ0) is 34.2. The van der Waals surface area contributed by atoms with Crippen molar-refractivity contribution in [1.82, 2.24) is 4.90 Å². The van der Waals surface area contributed by atoms with Crippen LogP contribution in [-0.4, -0.2) is 60.9 Å². The van der Waals surface area contributed by atoms with Crippen LogP contribution in [0.2, 0.25) is 0 Å². The number of allylic oxidation sites excluding steroid dienone is 1. The van der Waals surface area contributed by atoms with Crippen LogP contribution in [-0.2, 0) is 19.1 Å².